The van der Waals surface area contributed by atoms with E-state index in [1.165, 1.54) is 12.8 Å². The Hall–Kier alpha value is -0.570. The first-order valence-electron chi connectivity index (χ1n) is 3.34. The van der Waals surface area contributed by atoms with Crippen molar-refractivity contribution in [3.63, 3.8) is 0 Å². The zero-order chi connectivity index (χ0) is 6.53. The highest BCUT2D eigenvalue weighted by molar-refractivity contribution is 5.45. The lowest BCUT2D eigenvalue weighted by atomic mass is 10.2. The molecule has 52 valence electrons. The molecule has 0 bridgehead atoms. The summed E-state index contributed by atoms with van der Waals surface area (Å²) in [6.07, 6.45) is 3.19. The van der Waals surface area contributed by atoms with E-state index in [9.17, 15) is 4.79 Å². The average Bonchev–Trinajstić information content (AvgIpc) is 2.34. The normalized spacial score (nSPS) is 26.0. The van der Waals surface area contributed by atoms with E-state index in [-0.39, 0.29) is 0 Å². The number of nitrogens with one attached hydrogen (secondary N) is 2. The summed E-state index contributed by atoms with van der Waals surface area (Å²) in [6.45, 7) is 1.88. The molecule has 1 heterocycles. The summed E-state index contributed by atoms with van der Waals surface area (Å²) in [7, 11) is 0. The molecule has 0 aromatic heterocycles. The second-order valence-corrected chi connectivity index (χ2v) is 2.32. The monoisotopic (exact) mass is 128 g/mol. The van der Waals surface area contributed by atoms with E-state index in [0.29, 0.717) is 6.04 Å². The molecule has 1 saturated heterocycles. The molecular formula is C6H12N2O. The summed E-state index contributed by atoms with van der Waals surface area (Å²) >= 11 is 0. The van der Waals surface area contributed by atoms with E-state index in [2.05, 4.69) is 10.6 Å². The number of hydrogen-bond donors (Lipinski definition) is 2. The molecule has 1 amide bonds. The Bertz CT molecular complexity index is 89.1. The Balaban J connectivity index is 2.04. The lowest BCUT2D eigenvalue weighted by Gasteiger charge is -2.06. The highest BCUT2D eigenvalue weighted by atomic mass is 16.1. The van der Waals surface area contributed by atoms with Crippen molar-refractivity contribution in [1.29, 1.82) is 0 Å². The van der Waals surface area contributed by atoms with Gasteiger partial charge in [0.2, 0.25) is 6.41 Å². The molecule has 0 aromatic rings. The molecule has 1 aliphatic rings. The molecule has 9 heavy (non-hydrogen) atoms. The molecule has 1 fully saturated rings. The molecule has 2 N–H and O–H groups in total. The molecule has 0 radical (unpaired) electrons. The summed E-state index contributed by atoms with van der Waals surface area (Å²) in [6, 6.07) is 0.523. The second kappa shape index (κ2) is 3.45. The van der Waals surface area contributed by atoms with Gasteiger partial charge >= 0.3 is 0 Å². The predicted octanol–water partition coefficient (Wildman–Crippen LogP) is -0.516. The summed E-state index contributed by atoms with van der Waals surface area (Å²) in [5.41, 5.74) is 0. The fourth-order valence-corrected chi connectivity index (χ4v) is 1.12. The van der Waals surface area contributed by atoms with Gasteiger partial charge in [-0.1, -0.05) is 0 Å². The van der Waals surface area contributed by atoms with E-state index < -0.39 is 0 Å². The van der Waals surface area contributed by atoms with Crippen molar-refractivity contribution in [2.45, 2.75) is 18.9 Å². The minimum absolute atomic E-state index is 0.523. The largest absolute Gasteiger partial charge is 0.357 e. The van der Waals surface area contributed by atoms with Gasteiger partial charge in [-0.05, 0) is 19.4 Å². The first-order valence-corrected chi connectivity index (χ1v) is 3.34. The van der Waals surface area contributed by atoms with Gasteiger partial charge in [0.15, 0.2) is 0 Å². The zero-order valence-electron chi connectivity index (χ0n) is 5.39. The molecule has 0 spiro atoms. The highest BCUT2D eigenvalue weighted by Crippen LogP contribution is 2.02. The van der Waals surface area contributed by atoms with Crippen LogP contribution in [0.25, 0.3) is 0 Å². The van der Waals surface area contributed by atoms with Gasteiger partial charge in [-0.15, -0.1) is 0 Å². The minimum Gasteiger partial charge on any atom is -0.357 e. The molecular weight excluding hydrogens is 116 g/mol. The van der Waals surface area contributed by atoms with Crippen LogP contribution in [0.1, 0.15) is 12.8 Å². The third-order valence-electron chi connectivity index (χ3n) is 1.61. The lowest BCUT2D eigenvalue weighted by molar-refractivity contribution is -0.109. The zero-order valence-corrected chi connectivity index (χ0v) is 5.39. The molecule has 3 heteroatoms. The van der Waals surface area contributed by atoms with Crippen LogP contribution in [0.4, 0.5) is 0 Å². The van der Waals surface area contributed by atoms with Gasteiger partial charge in [0.25, 0.3) is 0 Å². The van der Waals surface area contributed by atoms with Crippen LogP contribution in [-0.2, 0) is 4.79 Å². The van der Waals surface area contributed by atoms with Crippen molar-refractivity contribution >= 4 is 6.41 Å². The first kappa shape index (κ1) is 6.55. The number of rotatable bonds is 3. The van der Waals surface area contributed by atoms with E-state index in [1.54, 1.807) is 0 Å². The van der Waals surface area contributed by atoms with Crippen LogP contribution in [0.2, 0.25) is 0 Å². The number of hydrogen-bond acceptors (Lipinski definition) is 2. The Morgan fingerprint density at radius 3 is 3.22 bits per heavy atom. The summed E-state index contributed by atoms with van der Waals surface area (Å²) in [5, 5.41) is 5.92. The van der Waals surface area contributed by atoms with Crippen molar-refractivity contribution < 1.29 is 4.79 Å². The minimum atomic E-state index is 0.523. The Labute approximate surface area is 54.8 Å². The Morgan fingerprint density at radius 1 is 1.78 bits per heavy atom. The predicted molar refractivity (Wildman–Crippen MR) is 35.1 cm³/mol. The summed E-state index contributed by atoms with van der Waals surface area (Å²) in [5.74, 6) is 0. The maximum atomic E-state index is 9.82. The van der Waals surface area contributed by atoms with E-state index >= 15 is 0 Å². The summed E-state index contributed by atoms with van der Waals surface area (Å²) < 4.78 is 0. The molecule has 0 saturated carbocycles. The standard InChI is InChI=1S/C6H12N2O/c9-5-7-4-6-2-1-3-8-6/h5-6,8H,1-4H2,(H,7,9)/t6-/m1/s1. The van der Waals surface area contributed by atoms with Gasteiger partial charge in [-0.2, -0.15) is 0 Å². The van der Waals surface area contributed by atoms with Crippen molar-refractivity contribution in [1.82, 2.24) is 10.6 Å². The van der Waals surface area contributed by atoms with Gasteiger partial charge in [0.05, 0.1) is 0 Å². The van der Waals surface area contributed by atoms with Crippen LogP contribution in [0.5, 0.6) is 0 Å². The Kier molecular flexibility index (Phi) is 2.51. The van der Waals surface area contributed by atoms with Crippen LogP contribution >= 0.6 is 0 Å². The quantitative estimate of drug-likeness (QED) is 0.502. The molecule has 0 aromatic carbocycles. The van der Waals surface area contributed by atoms with Gasteiger partial charge in [-0.3, -0.25) is 4.79 Å². The molecule has 0 aliphatic carbocycles. The Morgan fingerprint density at radius 2 is 2.67 bits per heavy atom. The SMILES string of the molecule is O=CNC[C@H]1CCCN1. The molecule has 3 nitrogen and oxygen atoms in total. The number of carbonyl (C=O) groups excluding carboxylic acids is 1. The van der Waals surface area contributed by atoms with Gasteiger partial charge in [-0.25, -0.2) is 0 Å². The van der Waals surface area contributed by atoms with Crippen molar-refractivity contribution in [2.24, 2.45) is 0 Å². The van der Waals surface area contributed by atoms with Crippen LogP contribution in [0.15, 0.2) is 0 Å². The molecule has 1 aliphatic heterocycles. The highest BCUT2D eigenvalue weighted by Gasteiger charge is 2.11. The van der Waals surface area contributed by atoms with E-state index in [0.717, 1.165) is 19.5 Å². The van der Waals surface area contributed by atoms with Crippen molar-refractivity contribution in [3.05, 3.63) is 0 Å². The first-order chi connectivity index (χ1) is 4.43. The topological polar surface area (TPSA) is 41.1 Å². The van der Waals surface area contributed by atoms with Gasteiger partial charge < -0.3 is 10.6 Å². The maximum absolute atomic E-state index is 9.82. The summed E-state index contributed by atoms with van der Waals surface area (Å²) in [4.78, 5) is 9.82. The average molecular weight is 128 g/mol. The molecule has 0 unspecified atom stereocenters. The third kappa shape index (κ3) is 2.01. The number of amides is 1. The molecule has 1 rings (SSSR count). The fraction of sp³-hybridized carbons (Fsp3) is 0.833. The van der Waals surface area contributed by atoms with Crippen molar-refractivity contribution in [3.8, 4) is 0 Å². The van der Waals surface area contributed by atoms with Gasteiger partial charge in [0.1, 0.15) is 0 Å². The smallest absolute Gasteiger partial charge is 0.207 e. The van der Waals surface area contributed by atoms with Crippen LogP contribution in [0.3, 0.4) is 0 Å². The second-order valence-electron chi connectivity index (χ2n) is 2.32. The van der Waals surface area contributed by atoms with E-state index in [4.69, 9.17) is 0 Å². The van der Waals surface area contributed by atoms with E-state index in [1.807, 2.05) is 0 Å². The van der Waals surface area contributed by atoms with Crippen LogP contribution in [-0.4, -0.2) is 25.5 Å². The van der Waals surface area contributed by atoms with Crippen LogP contribution in [0, 0.1) is 0 Å². The maximum Gasteiger partial charge on any atom is 0.207 e. The molecule has 1 atom stereocenters. The third-order valence-corrected chi connectivity index (χ3v) is 1.61. The number of carbonyl (C=O) groups is 1. The van der Waals surface area contributed by atoms with Gasteiger partial charge in [0, 0.05) is 12.6 Å². The fourth-order valence-electron chi connectivity index (χ4n) is 1.12. The van der Waals surface area contributed by atoms with Crippen LogP contribution < -0.4 is 10.6 Å². The van der Waals surface area contributed by atoms with Crippen molar-refractivity contribution in [2.75, 3.05) is 13.1 Å². The lowest BCUT2D eigenvalue weighted by Crippen LogP contribution is -2.33.